The number of hydrogen-bond acceptors (Lipinski definition) is 7. The summed E-state index contributed by atoms with van der Waals surface area (Å²) in [6.07, 6.45) is 3.66. The Bertz CT molecular complexity index is 990. The fraction of sp³-hybridized carbons (Fsp3) is 0.150. The van der Waals surface area contributed by atoms with Gasteiger partial charge in [0.2, 0.25) is 0 Å². The van der Waals surface area contributed by atoms with Gasteiger partial charge in [-0.05, 0) is 40.4 Å². The third kappa shape index (κ3) is 4.30. The highest BCUT2D eigenvalue weighted by Crippen LogP contribution is 2.35. The van der Waals surface area contributed by atoms with Crippen molar-refractivity contribution >= 4 is 57.7 Å². The lowest BCUT2D eigenvalue weighted by molar-refractivity contribution is -0.149. The van der Waals surface area contributed by atoms with Gasteiger partial charge in [-0.3, -0.25) is 4.79 Å². The van der Waals surface area contributed by atoms with Crippen LogP contribution in [-0.2, 0) is 14.3 Å². The first kappa shape index (κ1) is 18.8. The van der Waals surface area contributed by atoms with E-state index in [4.69, 9.17) is 4.74 Å². The first-order valence-corrected chi connectivity index (χ1v) is 11.2. The van der Waals surface area contributed by atoms with Gasteiger partial charge in [-0.2, -0.15) is 5.10 Å². The van der Waals surface area contributed by atoms with Crippen LogP contribution in [0, 0.1) is 0 Å². The minimum atomic E-state index is -0.545. The molecule has 0 saturated heterocycles. The highest BCUT2D eigenvalue weighted by atomic mass is 32.1. The van der Waals surface area contributed by atoms with Crippen LogP contribution >= 0.6 is 34.0 Å². The molecule has 0 bridgehead atoms. The molecule has 4 heterocycles. The monoisotopic (exact) mass is 428 g/mol. The second kappa shape index (κ2) is 8.64. The van der Waals surface area contributed by atoms with Gasteiger partial charge in [-0.15, -0.1) is 34.0 Å². The third-order valence-corrected chi connectivity index (χ3v) is 6.84. The molecular formula is C20H16N2O3S3. The summed E-state index contributed by atoms with van der Waals surface area (Å²) in [5, 5.41) is 11.9. The van der Waals surface area contributed by atoms with E-state index >= 15 is 0 Å². The van der Waals surface area contributed by atoms with Gasteiger partial charge < -0.3 is 4.74 Å². The Kier molecular flexibility index (Phi) is 5.80. The number of carbonyl (C=O) groups is 2. The maximum absolute atomic E-state index is 12.7. The molecule has 1 aliphatic heterocycles. The summed E-state index contributed by atoms with van der Waals surface area (Å²) in [4.78, 5) is 27.7. The average Bonchev–Trinajstić information content (AvgIpc) is 3.50. The molecule has 3 aromatic heterocycles. The van der Waals surface area contributed by atoms with E-state index in [-0.39, 0.29) is 18.6 Å². The summed E-state index contributed by atoms with van der Waals surface area (Å²) >= 11 is 4.71. The van der Waals surface area contributed by atoms with Crippen LogP contribution in [0.3, 0.4) is 0 Å². The Hall–Kier alpha value is -2.55. The number of ether oxygens (including phenoxy) is 1. The van der Waals surface area contributed by atoms with Crippen LogP contribution in [0.15, 0.2) is 63.7 Å². The zero-order valence-corrected chi connectivity index (χ0v) is 17.1. The minimum Gasteiger partial charge on any atom is -0.452 e. The lowest BCUT2D eigenvalue weighted by Crippen LogP contribution is -2.30. The van der Waals surface area contributed by atoms with E-state index in [1.807, 2.05) is 52.5 Å². The van der Waals surface area contributed by atoms with Crippen LogP contribution in [0.1, 0.15) is 27.1 Å². The van der Waals surface area contributed by atoms with Crippen LogP contribution in [0.25, 0.3) is 6.08 Å². The van der Waals surface area contributed by atoms with Gasteiger partial charge in [0.05, 0.1) is 16.6 Å². The standard InChI is InChI=1S/C20H16N2O3S3/c23-19(13-25-20(24)8-7-14-4-1-9-26-14)22-16(18-6-3-11-28-18)12-15(21-22)17-5-2-10-27-17/h1-11,16H,12-13H2/b8-7+. The Morgan fingerprint density at radius 2 is 1.89 bits per heavy atom. The van der Waals surface area contributed by atoms with Gasteiger partial charge >= 0.3 is 5.97 Å². The zero-order chi connectivity index (χ0) is 19.3. The van der Waals surface area contributed by atoms with E-state index in [0.717, 1.165) is 20.3 Å². The summed E-state index contributed by atoms with van der Waals surface area (Å²) in [7, 11) is 0. The number of thiophene rings is 3. The summed E-state index contributed by atoms with van der Waals surface area (Å²) in [6.45, 7) is -0.337. The predicted molar refractivity (Wildman–Crippen MR) is 114 cm³/mol. The number of hydrazone groups is 1. The highest BCUT2D eigenvalue weighted by Gasteiger charge is 2.34. The summed E-state index contributed by atoms with van der Waals surface area (Å²) in [6, 6.07) is 11.6. The van der Waals surface area contributed by atoms with E-state index in [0.29, 0.717) is 6.42 Å². The summed E-state index contributed by atoms with van der Waals surface area (Å²) in [5.41, 5.74) is 0.880. The molecule has 5 nitrogen and oxygen atoms in total. The highest BCUT2D eigenvalue weighted by molar-refractivity contribution is 7.12. The predicted octanol–water partition coefficient (Wildman–Crippen LogP) is 4.81. The number of rotatable bonds is 6. The Balaban J connectivity index is 1.43. The lowest BCUT2D eigenvalue weighted by atomic mass is 10.1. The molecule has 142 valence electrons. The number of nitrogens with zero attached hydrogens (tertiary/aromatic N) is 2. The Morgan fingerprint density at radius 3 is 2.61 bits per heavy atom. The Morgan fingerprint density at radius 1 is 1.11 bits per heavy atom. The number of amides is 1. The first-order valence-electron chi connectivity index (χ1n) is 8.56. The second-order valence-electron chi connectivity index (χ2n) is 5.95. The van der Waals surface area contributed by atoms with Crippen molar-refractivity contribution < 1.29 is 14.3 Å². The minimum absolute atomic E-state index is 0.162. The topological polar surface area (TPSA) is 59.0 Å². The lowest BCUT2D eigenvalue weighted by Gasteiger charge is -2.20. The molecule has 0 spiro atoms. The zero-order valence-electron chi connectivity index (χ0n) is 14.7. The molecule has 1 aliphatic rings. The number of carbonyl (C=O) groups excluding carboxylic acids is 2. The molecule has 0 fully saturated rings. The molecule has 4 rings (SSSR count). The van der Waals surface area contributed by atoms with Crippen LogP contribution in [0.4, 0.5) is 0 Å². The van der Waals surface area contributed by atoms with Crippen molar-refractivity contribution in [3.63, 3.8) is 0 Å². The molecule has 0 aliphatic carbocycles. The summed E-state index contributed by atoms with van der Waals surface area (Å²) in [5.74, 6) is -0.876. The van der Waals surface area contributed by atoms with Gasteiger partial charge in [0.15, 0.2) is 6.61 Å². The van der Waals surface area contributed by atoms with Crippen LogP contribution in [0.5, 0.6) is 0 Å². The molecule has 0 saturated carbocycles. The molecule has 1 amide bonds. The van der Waals surface area contributed by atoms with E-state index in [2.05, 4.69) is 5.10 Å². The third-order valence-electron chi connectivity index (χ3n) is 4.11. The van der Waals surface area contributed by atoms with Gasteiger partial charge in [0, 0.05) is 22.3 Å². The molecule has 1 unspecified atom stereocenters. The molecule has 0 N–H and O–H groups in total. The molecule has 0 aromatic carbocycles. The van der Waals surface area contributed by atoms with Crippen molar-refractivity contribution in [3.05, 3.63) is 73.2 Å². The van der Waals surface area contributed by atoms with Crippen molar-refractivity contribution in [2.45, 2.75) is 12.5 Å². The van der Waals surface area contributed by atoms with Gasteiger partial charge in [0.25, 0.3) is 5.91 Å². The van der Waals surface area contributed by atoms with Gasteiger partial charge in [0.1, 0.15) is 0 Å². The van der Waals surface area contributed by atoms with E-state index < -0.39 is 5.97 Å². The first-order chi connectivity index (χ1) is 13.7. The molecule has 1 atom stereocenters. The molecular weight excluding hydrogens is 412 g/mol. The number of esters is 1. The average molecular weight is 429 g/mol. The maximum Gasteiger partial charge on any atom is 0.331 e. The molecule has 0 radical (unpaired) electrons. The normalized spacial score (nSPS) is 16.5. The summed E-state index contributed by atoms with van der Waals surface area (Å²) < 4.78 is 5.13. The smallest absolute Gasteiger partial charge is 0.331 e. The van der Waals surface area contributed by atoms with Crippen molar-refractivity contribution in [2.75, 3.05) is 6.61 Å². The second-order valence-corrected chi connectivity index (χ2v) is 8.86. The fourth-order valence-electron chi connectivity index (χ4n) is 2.82. The molecule has 8 heteroatoms. The van der Waals surface area contributed by atoms with E-state index in [1.54, 1.807) is 28.7 Å². The fourth-order valence-corrected chi connectivity index (χ4v) is 4.97. The SMILES string of the molecule is O=C(/C=C/c1cccs1)OCC(=O)N1N=C(c2cccs2)CC1c1cccs1. The Labute approximate surface area is 174 Å². The largest absolute Gasteiger partial charge is 0.452 e. The number of hydrogen-bond donors (Lipinski definition) is 0. The molecule has 28 heavy (non-hydrogen) atoms. The van der Waals surface area contributed by atoms with Crippen LogP contribution < -0.4 is 0 Å². The van der Waals surface area contributed by atoms with Crippen LogP contribution in [-0.4, -0.2) is 29.2 Å². The van der Waals surface area contributed by atoms with Crippen molar-refractivity contribution in [3.8, 4) is 0 Å². The quantitative estimate of drug-likeness (QED) is 0.418. The molecule has 3 aromatic rings. The van der Waals surface area contributed by atoms with E-state index in [1.165, 1.54) is 22.4 Å². The van der Waals surface area contributed by atoms with Crippen molar-refractivity contribution in [1.29, 1.82) is 0 Å². The van der Waals surface area contributed by atoms with Crippen molar-refractivity contribution in [2.24, 2.45) is 5.10 Å². The van der Waals surface area contributed by atoms with Gasteiger partial charge in [-0.1, -0.05) is 18.2 Å². The van der Waals surface area contributed by atoms with Gasteiger partial charge in [-0.25, -0.2) is 9.80 Å². The maximum atomic E-state index is 12.7. The van der Waals surface area contributed by atoms with Crippen molar-refractivity contribution in [1.82, 2.24) is 5.01 Å². The van der Waals surface area contributed by atoms with E-state index in [9.17, 15) is 9.59 Å². The van der Waals surface area contributed by atoms with Crippen LogP contribution in [0.2, 0.25) is 0 Å².